The number of imide groups is 2. The number of barbiturate groups is 1. The maximum atomic E-state index is 12.8. The Hall–Kier alpha value is -4.75. The first-order valence-electron chi connectivity index (χ1n) is 12.2. The van der Waals surface area contributed by atoms with Gasteiger partial charge in [-0.25, -0.2) is 14.5 Å². The topological polar surface area (TPSA) is 199 Å². The zero-order chi connectivity index (χ0) is 29.3. The highest BCUT2D eigenvalue weighted by molar-refractivity contribution is 6.29. The lowest BCUT2D eigenvalue weighted by atomic mass is 10.1. The number of carboxylic acid groups (broad SMARTS) is 2. The van der Waals surface area contributed by atoms with Crippen LogP contribution in [0.2, 0.25) is 0 Å². The number of rotatable bonds is 13. The number of aliphatic carboxylic acids is 2. The Balaban J connectivity index is 2.44. The van der Waals surface area contributed by atoms with Crippen LogP contribution in [0.15, 0.2) is 39.5 Å². The largest absolute Gasteiger partial charge is 0.859 e. The van der Waals surface area contributed by atoms with Crippen molar-refractivity contribution >= 4 is 35.9 Å². The molecule has 0 atom stereocenters. The van der Waals surface area contributed by atoms with Gasteiger partial charge in [-0.3, -0.25) is 38.0 Å². The average Bonchev–Trinajstić information content (AvgIpc) is 2.87. The maximum Gasteiger partial charge on any atom is 0.334 e. The predicted octanol–water partition coefficient (Wildman–Crippen LogP) is 0.140. The number of carboxylic acids is 2. The van der Waals surface area contributed by atoms with Crippen molar-refractivity contribution in [3.63, 3.8) is 0 Å². The number of hydrogen-bond donors (Lipinski definition) is 2. The Kier molecular flexibility index (Phi) is 10.7. The van der Waals surface area contributed by atoms with Gasteiger partial charge in [-0.1, -0.05) is 44.9 Å². The number of unbranched alkanes of at least 4 members (excludes halogenated alkanes) is 2. The van der Waals surface area contributed by atoms with Crippen LogP contribution in [0.1, 0.15) is 45.1 Å². The van der Waals surface area contributed by atoms with Gasteiger partial charge in [0, 0.05) is 18.7 Å². The molecule has 0 bridgehead atoms. The van der Waals surface area contributed by atoms with Crippen molar-refractivity contribution in [3.05, 3.63) is 56.3 Å². The Morgan fingerprint density at radius 1 is 0.795 bits per heavy atom. The lowest BCUT2D eigenvalue weighted by Gasteiger charge is -2.32. The third-order valence-electron chi connectivity index (χ3n) is 5.63. The molecule has 2 rings (SSSR count). The number of amides is 4. The molecule has 2 heterocycles. The van der Waals surface area contributed by atoms with Crippen LogP contribution in [-0.4, -0.2) is 72.0 Å². The first kappa shape index (κ1) is 30.5. The molecule has 1 aliphatic heterocycles. The molecular weight excluding hydrogens is 516 g/mol. The molecule has 2 N–H and O–H groups in total. The summed E-state index contributed by atoms with van der Waals surface area (Å²) in [6.07, 6.45) is 7.96. The van der Waals surface area contributed by atoms with E-state index in [2.05, 4.69) is 0 Å². The van der Waals surface area contributed by atoms with Crippen molar-refractivity contribution < 1.29 is 39.3 Å². The molecule has 14 nitrogen and oxygen atoms in total. The van der Waals surface area contributed by atoms with Crippen LogP contribution in [0.3, 0.4) is 0 Å². The Labute approximate surface area is 222 Å². The second kappa shape index (κ2) is 13.7. The summed E-state index contributed by atoms with van der Waals surface area (Å²) in [7, 11) is 0. The van der Waals surface area contributed by atoms with E-state index >= 15 is 0 Å². The SMILES string of the molecule is CCCCN1C(=O)/C(=C/C=C/C=C/c2c([O-])n(CC(=O)O)c(=O)n(CCCC)c2=O)C(=O)N(CC(=O)O)C1=O. The molecule has 1 saturated heterocycles. The minimum Gasteiger partial charge on any atom is -0.859 e. The highest BCUT2D eigenvalue weighted by Crippen LogP contribution is 2.18. The molecule has 0 aromatic carbocycles. The van der Waals surface area contributed by atoms with Crippen LogP contribution < -0.4 is 16.4 Å². The zero-order valence-electron chi connectivity index (χ0n) is 21.5. The number of allylic oxidation sites excluding steroid dienone is 4. The van der Waals surface area contributed by atoms with Gasteiger partial charge in [-0.2, -0.15) is 0 Å². The van der Waals surface area contributed by atoms with Gasteiger partial charge in [0.05, 0.1) is 0 Å². The van der Waals surface area contributed by atoms with Gasteiger partial charge in [0.2, 0.25) is 0 Å². The standard InChI is InChI=1S/C25H30N4O10/c1-3-5-12-26-20(34)16(22(36)28(24(26)38)14-18(30)31)10-8-7-9-11-17-21(35)27(13-6-4-2)25(39)29(23(17)37)15-19(32)33/h7-11,36H,3-6,12-15H2,1-2H3,(H,30,31)(H,32,33)/p-1/b9-7+,10-8+,17-11-. The van der Waals surface area contributed by atoms with Crippen molar-refractivity contribution in [2.45, 2.75) is 52.6 Å². The smallest absolute Gasteiger partial charge is 0.334 e. The highest BCUT2D eigenvalue weighted by atomic mass is 16.4. The Bertz CT molecular complexity index is 1370. The molecule has 4 amide bonds. The minimum absolute atomic E-state index is 0.0127. The molecule has 1 fully saturated rings. The summed E-state index contributed by atoms with van der Waals surface area (Å²) in [4.78, 5) is 86.7. The fourth-order valence-electron chi connectivity index (χ4n) is 3.63. The average molecular weight is 546 g/mol. The number of nitrogens with zero attached hydrogens (tertiary/aromatic N) is 4. The third kappa shape index (κ3) is 7.18. The van der Waals surface area contributed by atoms with Crippen molar-refractivity contribution in [3.8, 4) is 5.88 Å². The number of carbonyl (C=O) groups excluding carboxylic acids is 3. The van der Waals surface area contributed by atoms with Gasteiger partial charge < -0.3 is 15.3 Å². The summed E-state index contributed by atoms with van der Waals surface area (Å²) in [5, 5.41) is 30.8. The summed E-state index contributed by atoms with van der Waals surface area (Å²) >= 11 is 0. The van der Waals surface area contributed by atoms with Crippen molar-refractivity contribution in [1.29, 1.82) is 0 Å². The van der Waals surface area contributed by atoms with Gasteiger partial charge >= 0.3 is 23.7 Å². The molecule has 210 valence electrons. The predicted molar refractivity (Wildman–Crippen MR) is 135 cm³/mol. The van der Waals surface area contributed by atoms with Gasteiger partial charge in [0.1, 0.15) is 18.7 Å². The van der Waals surface area contributed by atoms with Crippen LogP contribution in [-0.2, 0) is 32.3 Å². The van der Waals surface area contributed by atoms with E-state index < -0.39 is 71.1 Å². The van der Waals surface area contributed by atoms with Gasteiger partial charge in [0.25, 0.3) is 17.4 Å². The number of hydrogen-bond acceptors (Lipinski definition) is 8. The van der Waals surface area contributed by atoms with Crippen LogP contribution in [0, 0.1) is 0 Å². The van der Waals surface area contributed by atoms with E-state index in [4.69, 9.17) is 10.2 Å². The van der Waals surface area contributed by atoms with Crippen LogP contribution in [0.25, 0.3) is 6.08 Å². The van der Waals surface area contributed by atoms with Crippen molar-refractivity contribution in [2.24, 2.45) is 0 Å². The van der Waals surface area contributed by atoms with Crippen molar-refractivity contribution in [1.82, 2.24) is 18.9 Å². The maximum absolute atomic E-state index is 12.8. The molecule has 0 saturated carbocycles. The molecular formula is C25H29N4O10-. The molecule has 0 radical (unpaired) electrons. The van der Waals surface area contributed by atoms with E-state index in [1.807, 2.05) is 13.8 Å². The van der Waals surface area contributed by atoms with E-state index in [1.165, 1.54) is 18.2 Å². The van der Waals surface area contributed by atoms with Crippen LogP contribution in [0.4, 0.5) is 4.79 Å². The lowest BCUT2D eigenvalue weighted by Crippen LogP contribution is -2.57. The molecule has 1 aromatic heterocycles. The molecule has 0 unspecified atom stereocenters. The summed E-state index contributed by atoms with van der Waals surface area (Å²) in [6.45, 7) is 1.76. The second-order valence-corrected chi connectivity index (χ2v) is 8.49. The van der Waals surface area contributed by atoms with Crippen molar-refractivity contribution in [2.75, 3.05) is 13.1 Å². The Morgan fingerprint density at radius 2 is 1.38 bits per heavy atom. The van der Waals surface area contributed by atoms with Gasteiger partial charge in [-0.15, -0.1) is 0 Å². The molecule has 14 heteroatoms. The van der Waals surface area contributed by atoms with Crippen LogP contribution >= 0.6 is 0 Å². The summed E-state index contributed by atoms with van der Waals surface area (Å²) in [6, 6.07) is -1.03. The molecule has 39 heavy (non-hydrogen) atoms. The molecule has 1 aliphatic rings. The van der Waals surface area contributed by atoms with Gasteiger partial charge in [0.15, 0.2) is 0 Å². The minimum atomic E-state index is -1.44. The number of carbonyl (C=O) groups is 5. The van der Waals surface area contributed by atoms with Gasteiger partial charge in [-0.05, 0) is 30.9 Å². The van der Waals surface area contributed by atoms with E-state index in [0.717, 1.165) is 21.6 Å². The van der Waals surface area contributed by atoms with Crippen LogP contribution in [0.5, 0.6) is 5.88 Å². The molecule has 1 aromatic rings. The number of aromatic nitrogens is 2. The fourth-order valence-corrected chi connectivity index (χ4v) is 3.63. The number of urea groups is 1. The van der Waals surface area contributed by atoms with E-state index in [0.29, 0.717) is 35.2 Å². The Morgan fingerprint density at radius 3 is 1.97 bits per heavy atom. The summed E-state index contributed by atoms with van der Waals surface area (Å²) in [5.74, 6) is -5.95. The zero-order valence-corrected chi connectivity index (χ0v) is 21.5. The third-order valence-corrected chi connectivity index (χ3v) is 5.63. The monoisotopic (exact) mass is 545 g/mol. The fraction of sp³-hybridized carbons (Fsp3) is 0.400. The lowest BCUT2D eigenvalue weighted by molar-refractivity contribution is -0.280. The molecule has 0 aliphatic carbocycles. The highest BCUT2D eigenvalue weighted by Gasteiger charge is 2.42. The quantitative estimate of drug-likeness (QED) is 0.195. The van der Waals surface area contributed by atoms with E-state index in [9.17, 15) is 38.7 Å². The molecule has 0 spiro atoms. The summed E-state index contributed by atoms with van der Waals surface area (Å²) < 4.78 is 1.24. The van der Waals surface area contributed by atoms with E-state index in [1.54, 1.807) is 0 Å². The first-order valence-corrected chi connectivity index (χ1v) is 12.2. The normalized spacial score (nSPS) is 15.3. The van der Waals surface area contributed by atoms with E-state index in [-0.39, 0.29) is 13.1 Å². The second-order valence-electron chi connectivity index (χ2n) is 8.49. The first-order chi connectivity index (χ1) is 18.5. The summed E-state index contributed by atoms with van der Waals surface area (Å²) in [5.41, 5.74) is -2.84.